The second-order valence-electron chi connectivity index (χ2n) is 4.58. The molecule has 4 nitrogen and oxygen atoms in total. The molecule has 3 aromatic rings. The molecule has 1 atom stereocenters. The molecule has 3 aromatic heterocycles. The Hall–Kier alpha value is -1.24. The van der Waals surface area contributed by atoms with Crippen LogP contribution in [0.15, 0.2) is 28.2 Å². The van der Waals surface area contributed by atoms with Gasteiger partial charge in [-0.1, -0.05) is 0 Å². The van der Waals surface area contributed by atoms with Gasteiger partial charge in [-0.05, 0) is 45.4 Å². The third-order valence-electron chi connectivity index (χ3n) is 3.39. The molecule has 0 spiro atoms. The molecule has 0 saturated carbocycles. The number of rotatable bonds is 1. The van der Waals surface area contributed by atoms with Crippen LogP contribution in [-0.2, 0) is 6.42 Å². The van der Waals surface area contributed by atoms with E-state index in [0.29, 0.717) is 0 Å². The Morgan fingerprint density at radius 2 is 2.37 bits per heavy atom. The largest absolute Gasteiger partial charge is 0.339 e. The van der Waals surface area contributed by atoms with Crippen LogP contribution in [0.3, 0.4) is 0 Å². The lowest BCUT2D eigenvalue weighted by atomic mass is 10.0. The van der Waals surface area contributed by atoms with Crippen LogP contribution in [0.2, 0.25) is 0 Å². The van der Waals surface area contributed by atoms with Crippen molar-refractivity contribution in [1.82, 2.24) is 20.3 Å². The van der Waals surface area contributed by atoms with E-state index >= 15 is 0 Å². The van der Waals surface area contributed by atoms with E-state index in [1.54, 1.807) is 6.20 Å². The molecule has 0 fully saturated rings. The molecule has 1 aliphatic heterocycles. The van der Waals surface area contributed by atoms with Crippen LogP contribution in [0, 0.1) is 0 Å². The van der Waals surface area contributed by atoms with Gasteiger partial charge in [-0.15, -0.1) is 11.3 Å². The van der Waals surface area contributed by atoms with Crippen LogP contribution in [0.4, 0.5) is 0 Å². The first-order valence-electron chi connectivity index (χ1n) is 6.12. The first kappa shape index (κ1) is 11.6. The zero-order chi connectivity index (χ0) is 12.8. The Labute approximate surface area is 122 Å². The van der Waals surface area contributed by atoms with Gasteiger partial charge in [0.25, 0.3) is 0 Å². The number of fused-ring (bicyclic) bond motifs is 2. The van der Waals surface area contributed by atoms with Crippen molar-refractivity contribution >= 4 is 38.4 Å². The number of nitrogens with one attached hydrogen (secondary N) is 2. The van der Waals surface area contributed by atoms with Crippen molar-refractivity contribution in [1.29, 1.82) is 0 Å². The van der Waals surface area contributed by atoms with Crippen LogP contribution in [0.5, 0.6) is 0 Å². The summed E-state index contributed by atoms with van der Waals surface area (Å²) in [4.78, 5) is 13.8. The molecule has 0 aliphatic carbocycles. The molecule has 1 unspecified atom stereocenters. The molecule has 6 heteroatoms. The van der Waals surface area contributed by atoms with Crippen molar-refractivity contribution in [2.45, 2.75) is 12.5 Å². The Balaban J connectivity index is 1.83. The standard InChI is InChI=1S/C13H11BrN4S/c14-7-5-9-12(16-6-7)18-13(17-9)11-8-2-4-19-10(8)1-3-15-11/h2,4-6,11,15H,1,3H2,(H,16,17,18). The third-order valence-corrected chi connectivity index (χ3v) is 4.82. The summed E-state index contributed by atoms with van der Waals surface area (Å²) in [6.45, 7) is 0.992. The van der Waals surface area contributed by atoms with Gasteiger partial charge in [0, 0.05) is 22.1 Å². The van der Waals surface area contributed by atoms with Gasteiger partial charge in [0.2, 0.25) is 0 Å². The first-order valence-corrected chi connectivity index (χ1v) is 7.79. The summed E-state index contributed by atoms with van der Waals surface area (Å²) in [6.07, 6.45) is 2.88. The fourth-order valence-corrected chi connectivity index (χ4v) is 3.78. The number of imidazole rings is 1. The molecule has 4 heterocycles. The Morgan fingerprint density at radius 1 is 1.42 bits per heavy atom. The molecule has 0 amide bonds. The van der Waals surface area contributed by atoms with E-state index in [4.69, 9.17) is 0 Å². The molecular formula is C13H11BrN4S. The second kappa shape index (κ2) is 4.40. The van der Waals surface area contributed by atoms with Crippen LogP contribution in [0.25, 0.3) is 11.2 Å². The molecular weight excluding hydrogens is 324 g/mol. The van der Waals surface area contributed by atoms with Crippen LogP contribution in [0.1, 0.15) is 22.3 Å². The summed E-state index contributed by atoms with van der Waals surface area (Å²) >= 11 is 5.26. The van der Waals surface area contributed by atoms with Gasteiger partial charge in [-0.3, -0.25) is 0 Å². The van der Waals surface area contributed by atoms with Crippen molar-refractivity contribution < 1.29 is 0 Å². The van der Waals surface area contributed by atoms with Gasteiger partial charge in [0.05, 0.1) is 11.6 Å². The van der Waals surface area contributed by atoms with Crippen molar-refractivity contribution in [3.8, 4) is 0 Å². The predicted molar refractivity (Wildman–Crippen MR) is 79.5 cm³/mol. The van der Waals surface area contributed by atoms with E-state index < -0.39 is 0 Å². The van der Waals surface area contributed by atoms with E-state index in [0.717, 1.165) is 34.4 Å². The lowest BCUT2D eigenvalue weighted by Crippen LogP contribution is -2.30. The maximum Gasteiger partial charge on any atom is 0.177 e. The summed E-state index contributed by atoms with van der Waals surface area (Å²) in [6, 6.07) is 4.35. The van der Waals surface area contributed by atoms with Crippen molar-refractivity contribution in [2.24, 2.45) is 0 Å². The molecule has 4 rings (SSSR count). The Bertz CT molecular complexity index is 748. The van der Waals surface area contributed by atoms with E-state index in [1.807, 2.05) is 17.4 Å². The number of hydrogen-bond donors (Lipinski definition) is 2. The molecule has 0 saturated heterocycles. The SMILES string of the molecule is Brc1cnc2nc(C3NCCc4sccc43)[nH]c2c1. The summed E-state index contributed by atoms with van der Waals surface area (Å²) in [5.74, 6) is 0.944. The zero-order valence-electron chi connectivity index (χ0n) is 9.98. The van der Waals surface area contributed by atoms with Gasteiger partial charge < -0.3 is 10.3 Å². The highest BCUT2D eigenvalue weighted by Gasteiger charge is 2.24. The molecule has 0 aromatic carbocycles. The quantitative estimate of drug-likeness (QED) is 0.719. The smallest absolute Gasteiger partial charge is 0.177 e. The van der Waals surface area contributed by atoms with E-state index in [1.165, 1.54) is 10.4 Å². The topological polar surface area (TPSA) is 53.6 Å². The van der Waals surface area contributed by atoms with E-state index in [9.17, 15) is 0 Å². The predicted octanol–water partition coefficient (Wildman–Crippen LogP) is 3.02. The van der Waals surface area contributed by atoms with Crippen molar-refractivity contribution in [3.05, 3.63) is 44.4 Å². The first-order chi connectivity index (χ1) is 9.31. The highest BCUT2D eigenvalue weighted by Crippen LogP contribution is 2.31. The second-order valence-corrected chi connectivity index (χ2v) is 6.50. The number of nitrogens with zero attached hydrogens (tertiary/aromatic N) is 2. The van der Waals surface area contributed by atoms with Gasteiger partial charge in [0.1, 0.15) is 5.82 Å². The van der Waals surface area contributed by atoms with Crippen LogP contribution >= 0.6 is 27.3 Å². The summed E-state index contributed by atoms with van der Waals surface area (Å²) < 4.78 is 0.961. The number of H-pyrrole nitrogens is 1. The van der Waals surface area contributed by atoms with Crippen molar-refractivity contribution in [2.75, 3.05) is 6.54 Å². The average Bonchev–Trinajstić information content (AvgIpc) is 3.03. The summed E-state index contributed by atoms with van der Waals surface area (Å²) in [7, 11) is 0. The fourth-order valence-electron chi connectivity index (χ4n) is 2.52. The lowest BCUT2D eigenvalue weighted by molar-refractivity contribution is 0.555. The van der Waals surface area contributed by atoms with Gasteiger partial charge in [0.15, 0.2) is 5.65 Å². The molecule has 19 heavy (non-hydrogen) atoms. The number of aromatic nitrogens is 3. The number of pyridine rings is 1. The van der Waals surface area contributed by atoms with Crippen LogP contribution < -0.4 is 5.32 Å². The Morgan fingerprint density at radius 3 is 3.32 bits per heavy atom. The Kier molecular flexibility index (Phi) is 2.68. The minimum Gasteiger partial charge on any atom is -0.339 e. The maximum atomic E-state index is 4.61. The molecule has 2 N–H and O–H groups in total. The molecule has 0 radical (unpaired) electrons. The van der Waals surface area contributed by atoms with E-state index in [-0.39, 0.29) is 6.04 Å². The highest BCUT2D eigenvalue weighted by molar-refractivity contribution is 9.10. The number of halogens is 1. The lowest BCUT2D eigenvalue weighted by Gasteiger charge is -2.22. The molecule has 0 bridgehead atoms. The van der Waals surface area contributed by atoms with Gasteiger partial charge in [-0.25, -0.2) is 9.97 Å². The maximum absolute atomic E-state index is 4.61. The normalized spacial score (nSPS) is 18.7. The average molecular weight is 335 g/mol. The number of hydrogen-bond acceptors (Lipinski definition) is 4. The molecule has 1 aliphatic rings. The zero-order valence-corrected chi connectivity index (χ0v) is 12.4. The number of aromatic amines is 1. The monoisotopic (exact) mass is 334 g/mol. The van der Waals surface area contributed by atoms with Gasteiger partial charge >= 0.3 is 0 Å². The summed E-state index contributed by atoms with van der Waals surface area (Å²) in [5.41, 5.74) is 3.07. The minimum absolute atomic E-state index is 0.156. The highest BCUT2D eigenvalue weighted by atomic mass is 79.9. The summed E-state index contributed by atoms with van der Waals surface area (Å²) in [5, 5.41) is 5.68. The van der Waals surface area contributed by atoms with Gasteiger partial charge in [-0.2, -0.15) is 0 Å². The fraction of sp³-hybridized carbons (Fsp3) is 0.231. The van der Waals surface area contributed by atoms with Crippen LogP contribution in [-0.4, -0.2) is 21.5 Å². The van der Waals surface area contributed by atoms with Crippen molar-refractivity contribution in [3.63, 3.8) is 0 Å². The van der Waals surface area contributed by atoms with E-state index in [2.05, 4.69) is 47.6 Å². The number of thiophene rings is 1. The third kappa shape index (κ3) is 1.91. The minimum atomic E-state index is 0.156. The molecule has 96 valence electrons.